The molecule has 3 rings (SSSR count). The van der Waals surface area contributed by atoms with Gasteiger partial charge in [0.15, 0.2) is 0 Å². The van der Waals surface area contributed by atoms with Crippen LogP contribution in [0.25, 0.3) is 0 Å². The Morgan fingerprint density at radius 3 is 2.21 bits per heavy atom. The summed E-state index contributed by atoms with van der Waals surface area (Å²) in [5.74, 6) is -0.825. The monoisotopic (exact) mass is 416 g/mol. The lowest BCUT2D eigenvalue weighted by Gasteiger charge is -2.32. The van der Waals surface area contributed by atoms with Crippen molar-refractivity contribution in [3.63, 3.8) is 0 Å². The van der Waals surface area contributed by atoms with E-state index < -0.39 is 16.0 Å². The fraction of sp³-hybridized carbons (Fsp3) is 0.333. The molecule has 0 spiro atoms. The molecule has 154 valence electrons. The maximum absolute atomic E-state index is 12.9. The van der Waals surface area contributed by atoms with E-state index in [4.69, 9.17) is 0 Å². The van der Waals surface area contributed by atoms with E-state index in [0.717, 1.165) is 19.3 Å². The molecule has 1 aliphatic rings. The largest absolute Gasteiger partial charge is 0.465 e. The lowest BCUT2D eigenvalue weighted by Crippen LogP contribution is -2.41. The molecular formula is C21H24N2O5S. The van der Waals surface area contributed by atoms with Crippen molar-refractivity contribution < 1.29 is 22.7 Å². The molecule has 0 saturated carbocycles. The Morgan fingerprint density at radius 2 is 1.62 bits per heavy atom. The number of hydrogen-bond donors (Lipinski definition) is 1. The molecule has 0 aliphatic carbocycles. The van der Waals surface area contributed by atoms with Crippen molar-refractivity contribution in [3.05, 3.63) is 59.7 Å². The van der Waals surface area contributed by atoms with Gasteiger partial charge in [-0.05, 0) is 68.3 Å². The number of esters is 1. The molecule has 0 bridgehead atoms. The summed E-state index contributed by atoms with van der Waals surface area (Å²) in [5.41, 5.74) is 1.24. The summed E-state index contributed by atoms with van der Waals surface area (Å²) in [4.78, 5) is 24.1. The smallest absolute Gasteiger partial charge is 0.337 e. The van der Waals surface area contributed by atoms with Gasteiger partial charge >= 0.3 is 5.97 Å². The first-order valence-corrected chi connectivity index (χ1v) is 10.9. The summed E-state index contributed by atoms with van der Waals surface area (Å²) in [5, 5.41) is 2.72. The molecule has 2 aromatic carbocycles. The lowest BCUT2D eigenvalue weighted by atomic mass is 10.1. The van der Waals surface area contributed by atoms with Gasteiger partial charge in [0.05, 0.1) is 17.6 Å². The molecule has 2 aromatic rings. The molecule has 1 N–H and O–H groups in total. The second kappa shape index (κ2) is 8.75. The van der Waals surface area contributed by atoms with Crippen LogP contribution in [0.4, 0.5) is 5.69 Å². The van der Waals surface area contributed by atoms with E-state index in [1.807, 2.05) is 6.92 Å². The molecule has 1 saturated heterocycles. The molecule has 0 radical (unpaired) electrons. The number of methoxy groups -OCH3 is 1. The number of rotatable bonds is 5. The van der Waals surface area contributed by atoms with Crippen molar-refractivity contribution in [2.45, 2.75) is 37.1 Å². The fourth-order valence-corrected chi connectivity index (χ4v) is 5.05. The van der Waals surface area contributed by atoms with Gasteiger partial charge in [0, 0.05) is 23.8 Å². The Balaban J connectivity index is 1.71. The van der Waals surface area contributed by atoms with Gasteiger partial charge in [-0.2, -0.15) is 4.31 Å². The number of ether oxygens (including phenoxy) is 1. The highest BCUT2D eigenvalue weighted by molar-refractivity contribution is 7.89. The van der Waals surface area contributed by atoms with Gasteiger partial charge in [-0.15, -0.1) is 0 Å². The number of sulfonamides is 1. The zero-order chi connectivity index (χ0) is 21.0. The molecule has 1 heterocycles. The van der Waals surface area contributed by atoms with Crippen LogP contribution in [0.15, 0.2) is 53.4 Å². The lowest BCUT2D eigenvalue weighted by molar-refractivity contribution is 0.0600. The van der Waals surface area contributed by atoms with Gasteiger partial charge in [0.2, 0.25) is 10.0 Å². The minimum absolute atomic E-state index is 0.0234. The van der Waals surface area contributed by atoms with Crippen LogP contribution in [-0.2, 0) is 14.8 Å². The number of benzene rings is 2. The first-order valence-electron chi connectivity index (χ1n) is 9.44. The summed E-state index contributed by atoms with van der Waals surface area (Å²) in [7, 11) is -2.27. The molecule has 0 unspecified atom stereocenters. The van der Waals surface area contributed by atoms with Crippen LogP contribution in [0.3, 0.4) is 0 Å². The van der Waals surface area contributed by atoms with Gasteiger partial charge in [-0.1, -0.05) is 6.42 Å². The van der Waals surface area contributed by atoms with Gasteiger partial charge in [0.25, 0.3) is 5.91 Å². The van der Waals surface area contributed by atoms with E-state index in [2.05, 4.69) is 10.1 Å². The van der Waals surface area contributed by atoms with Crippen molar-refractivity contribution in [1.82, 2.24) is 4.31 Å². The summed E-state index contributed by atoms with van der Waals surface area (Å²) in [6.07, 6.45) is 2.75. The van der Waals surface area contributed by atoms with E-state index in [1.165, 1.54) is 35.7 Å². The zero-order valence-electron chi connectivity index (χ0n) is 16.4. The number of nitrogens with zero attached hydrogens (tertiary/aromatic N) is 1. The molecule has 1 atom stereocenters. The molecule has 29 heavy (non-hydrogen) atoms. The van der Waals surface area contributed by atoms with E-state index in [-0.39, 0.29) is 16.8 Å². The number of amides is 1. The van der Waals surface area contributed by atoms with E-state index in [0.29, 0.717) is 23.4 Å². The van der Waals surface area contributed by atoms with Crippen molar-refractivity contribution in [3.8, 4) is 0 Å². The average molecular weight is 416 g/mol. The van der Waals surface area contributed by atoms with Crippen LogP contribution < -0.4 is 5.32 Å². The molecule has 1 fully saturated rings. The maximum atomic E-state index is 12.9. The highest BCUT2D eigenvalue weighted by Gasteiger charge is 2.30. The normalized spacial score (nSPS) is 17.5. The summed E-state index contributed by atoms with van der Waals surface area (Å²) < 4.78 is 31.9. The molecule has 0 aromatic heterocycles. The highest BCUT2D eigenvalue weighted by Crippen LogP contribution is 2.25. The summed E-state index contributed by atoms with van der Waals surface area (Å²) in [6, 6.07) is 12.2. The topological polar surface area (TPSA) is 92.8 Å². The molecule has 8 heteroatoms. The number of carbonyl (C=O) groups is 2. The van der Waals surface area contributed by atoms with Gasteiger partial charge in [-0.25, -0.2) is 13.2 Å². The van der Waals surface area contributed by atoms with E-state index in [1.54, 1.807) is 24.3 Å². The fourth-order valence-electron chi connectivity index (χ4n) is 3.35. The van der Waals surface area contributed by atoms with Crippen LogP contribution in [0.1, 0.15) is 46.9 Å². The number of carbonyl (C=O) groups excluding carboxylic acids is 2. The van der Waals surface area contributed by atoms with E-state index >= 15 is 0 Å². The Bertz CT molecular complexity index is 985. The highest BCUT2D eigenvalue weighted by atomic mass is 32.2. The van der Waals surface area contributed by atoms with Gasteiger partial charge in [-0.3, -0.25) is 4.79 Å². The Hall–Kier alpha value is -2.71. The summed E-state index contributed by atoms with van der Waals surface area (Å²) >= 11 is 0. The minimum atomic E-state index is -3.57. The van der Waals surface area contributed by atoms with Crippen LogP contribution in [-0.4, -0.2) is 44.3 Å². The molecule has 1 amide bonds. The third-order valence-corrected chi connectivity index (χ3v) is 7.06. The summed E-state index contributed by atoms with van der Waals surface area (Å²) in [6.45, 7) is 2.44. The Morgan fingerprint density at radius 1 is 1.00 bits per heavy atom. The number of piperidine rings is 1. The van der Waals surface area contributed by atoms with Crippen molar-refractivity contribution in [2.75, 3.05) is 19.0 Å². The first-order chi connectivity index (χ1) is 13.8. The van der Waals surface area contributed by atoms with Gasteiger partial charge in [0.1, 0.15) is 0 Å². The second-order valence-electron chi connectivity index (χ2n) is 7.01. The third kappa shape index (κ3) is 4.65. The van der Waals surface area contributed by atoms with Crippen LogP contribution in [0.2, 0.25) is 0 Å². The van der Waals surface area contributed by atoms with E-state index in [9.17, 15) is 18.0 Å². The van der Waals surface area contributed by atoms with Crippen molar-refractivity contribution >= 4 is 27.6 Å². The predicted octanol–water partition coefficient (Wildman–Crippen LogP) is 3.29. The minimum Gasteiger partial charge on any atom is -0.465 e. The van der Waals surface area contributed by atoms with Crippen LogP contribution >= 0.6 is 0 Å². The quantitative estimate of drug-likeness (QED) is 0.755. The molecular weight excluding hydrogens is 392 g/mol. The zero-order valence-corrected chi connectivity index (χ0v) is 17.2. The Kier molecular flexibility index (Phi) is 6.34. The van der Waals surface area contributed by atoms with Crippen LogP contribution in [0, 0.1) is 0 Å². The standard InChI is InChI=1S/C21H24N2O5S/c1-15-5-3-4-14-23(15)29(26,27)19-12-8-16(9-13-19)20(24)22-18-10-6-17(7-11-18)21(25)28-2/h6-13,15H,3-5,14H2,1-2H3,(H,22,24)/t15-/m0/s1. The predicted molar refractivity (Wildman–Crippen MR) is 109 cm³/mol. The first kappa shape index (κ1) is 21.0. The average Bonchev–Trinajstić information content (AvgIpc) is 2.74. The molecule has 1 aliphatic heterocycles. The van der Waals surface area contributed by atoms with Gasteiger partial charge < -0.3 is 10.1 Å². The number of hydrogen-bond acceptors (Lipinski definition) is 5. The molecule has 7 nitrogen and oxygen atoms in total. The Labute approximate surface area is 170 Å². The number of anilines is 1. The maximum Gasteiger partial charge on any atom is 0.337 e. The van der Waals surface area contributed by atoms with Crippen molar-refractivity contribution in [2.24, 2.45) is 0 Å². The second-order valence-corrected chi connectivity index (χ2v) is 8.90. The third-order valence-electron chi connectivity index (χ3n) is 5.03. The van der Waals surface area contributed by atoms with Crippen LogP contribution in [0.5, 0.6) is 0 Å². The number of nitrogens with one attached hydrogen (secondary N) is 1. The van der Waals surface area contributed by atoms with Crippen molar-refractivity contribution in [1.29, 1.82) is 0 Å². The SMILES string of the molecule is COC(=O)c1ccc(NC(=O)c2ccc(S(=O)(=O)N3CCCC[C@@H]3C)cc2)cc1.